The SMILES string of the molecule is CCC(CO)OC(=O)c1ccccc1O.CCC(O)COC(=O)c1ccccc1O.Cc1ccccc1C(=O)OC(CO)COC(=O)c1ccccc1O.O=C(OCC(O)COC(=O)c1ccccc1O)c1ccccc1O. The molecular formula is C57H62O21. The Kier molecular flexibility index (Phi) is 27.4. The minimum atomic E-state index is -1.24. The number of benzene rings is 6. The average molecular weight is 1080 g/mol. The molecule has 9 N–H and O–H groups in total. The van der Waals surface area contributed by atoms with E-state index in [-0.39, 0.29) is 76.4 Å². The number of ether oxygens (including phenoxy) is 6. The van der Waals surface area contributed by atoms with E-state index >= 15 is 0 Å². The zero-order chi connectivity index (χ0) is 57.6. The fourth-order valence-electron chi connectivity index (χ4n) is 6.00. The highest BCUT2D eigenvalue weighted by molar-refractivity contribution is 5.95. The first-order valence-corrected chi connectivity index (χ1v) is 24.0. The number of phenols is 5. The summed E-state index contributed by atoms with van der Waals surface area (Å²) in [7, 11) is 0. The Morgan fingerprint density at radius 1 is 0.359 bits per heavy atom. The van der Waals surface area contributed by atoms with Crippen molar-refractivity contribution < 1.29 is 103 Å². The third-order valence-electron chi connectivity index (χ3n) is 10.5. The Balaban J connectivity index is 0.000000280. The van der Waals surface area contributed by atoms with Crippen LogP contribution in [0.4, 0.5) is 0 Å². The molecule has 0 radical (unpaired) electrons. The van der Waals surface area contributed by atoms with Gasteiger partial charge in [-0.25, -0.2) is 28.8 Å². The molecule has 21 heteroatoms. The lowest BCUT2D eigenvalue weighted by molar-refractivity contribution is -0.0171. The number of esters is 6. The molecule has 0 aliphatic carbocycles. The first-order valence-electron chi connectivity index (χ1n) is 24.0. The quantitative estimate of drug-likeness (QED) is 0.0304. The number of aliphatic hydroxyl groups excluding tert-OH is 4. The molecule has 0 aromatic heterocycles. The smallest absolute Gasteiger partial charge is 0.342 e. The Morgan fingerprint density at radius 3 is 0.936 bits per heavy atom. The van der Waals surface area contributed by atoms with Crippen LogP contribution in [0.15, 0.2) is 146 Å². The summed E-state index contributed by atoms with van der Waals surface area (Å²) in [6, 6.07) is 36.7. The van der Waals surface area contributed by atoms with E-state index < -0.39 is 80.1 Å². The van der Waals surface area contributed by atoms with Gasteiger partial charge in [-0.1, -0.05) is 92.7 Å². The molecule has 0 aliphatic rings. The number of carbonyl (C=O) groups excluding carboxylic acids is 6. The van der Waals surface area contributed by atoms with Crippen molar-refractivity contribution in [2.75, 3.05) is 39.6 Å². The summed E-state index contributed by atoms with van der Waals surface area (Å²) in [6.45, 7) is 3.45. The van der Waals surface area contributed by atoms with Crippen LogP contribution in [0.5, 0.6) is 28.7 Å². The zero-order valence-corrected chi connectivity index (χ0v) is 42.7. The molecule has 0 spiro atoms. The van der Waals surface area contributed by atoms with Crippen LogP contribution in [0.1, 0.15) is 94.4 Å². The molecule has 3 atom stereocenters. The highest BCUT2D eigenvalue weighted by Gasteiger charge is 2.22. The molecule has 0 fully saturated rings. The molecule has 0 bridgehead atoms. The molecule has 416 valence electrons. The van der Waals surface area contributed by atoms with Crippen molar-refractivity contribution in [3.63, 3.8) is 0 Å². The standard InChI is InChI=1S/C18H18O6.C17H16O7.2C11H14O4/c1-12-6-2-3-7-14(12)18(22)24-13(10-19)11-23-17(21)15-8-4-5-9-16(15)20;18-11(9-23-16(21)12-5-1-3-7-14(12)19)10-24-17(22)13-6-2-4-8-15(13)20;1-2-8(12)7-15-11(14)9-5-3-4-6-10(9)13;1-2-8(7-12)15-11(14)9-5-3-4-6-10(9)13/h2-9,13,19-20H,10-11H2,1H3;1-8,11,18-20H,9-10H2;2*3-6,8,12-13H,2,7H2,1H3. The summed E-state index contributed by atoms with van der Waals surface area (Å²) < 4.78 is 29.6. The normalized spacial score (nSPS) is 11.4. The maximum Gasteiger partial charge on any atom is 0.342 e. The van der Waals surface area contributed by atoms with Crippen molar-refractivity contribution in [3.05, 3.63) is 185 Å². The topological polar surface area (TPSA) is 340 Å². The molecule has 6 aromatic rings. The van der Waals surface area contributed by atoms with Gasteiger partial charge in [0.2, 0.25) is 0 Å². The van der Waals surface area contributed by atoms with Crippen LogP contribution in [0, 0.1) is 6.92 Å². The number of rotatable bonds is 20. The second-order valence-corrected chi connectivity index (χ2v) is 16.3. The van der Waals surface area contributed by atoms with Crippen LogP contribution in [0.2, 0.25) is 0 Å². The van der Waals surface area contributed by atoms with Gasteiger partial charge in [0.25, 0.3) is 0 Å². The summed E-state index contributed by atoms with van der Waals surface area (Å²) in [4.78, 5) is 70.4. The van der Waals surface area contributed by atoms with Crippen molar-refractivity contribution in [3.8, 4) is 28.7 Å². The van der Waals surface area contributed by atoms with E-state index in [9.17, 15) is 69.6 Å². The predicted octanol–water partition coefficient (Wildman–Crippen LogP) is 6.19. The van der Waals surface area contributed by atoms with Crippen molar-refractivity contribution in [2.45, 2.75) is 58.0 Å². The van der Waals surface area contributed by atoms with E-state index in [1.165, 1.54) is 60.7 Å². The highest BCUT2D eigenvalue weighted by Crippen LogP contribution is 2.21. The fraction of sp³-hybridized carbons (Fsp3) is 0.263. The molecule has 0 aliphatic heterocycles. The Bertz CT molecular complexity index is 2800. The number of carbonyl (C=O) groups is 6. The largest absolute Gasteiger partial charge is 0.507 e. The van der Waals surface area contributed by atoms with Gasteiger partial charge in [0.1, 0.15) is 95.2 Å². The molecule has 0 amide bonds. The van der Waals surface area contributed by atoms with Gasteiger partial charge in [-0.05, 0) is 92.1 Å². The molecule has 0 saturated heterocycles. The summed E-state index contributed by atoms with van der Waals surface area (Å²) in [5, 5.41) is 84.4. The van der Waals surface area contributed by atoms with E-state index in [2.05, 4.69) is 0 Å². The molecule has 3 unspecified atom stereocenters. The van der Waals surface area contributed by atoms with E-state index in [1.807, 2.05) is 0 Å². The van der Waals surface area contributed by atoms with Gasteiger partial charge in [-0.15, -0.1) is 0 Å². The Morgan fingerprint density at radius 2 is 0.628 bits per heavy atom. The second kappa shape index (κ2) is 33.8. The zero-order valence-electron chi connectivity index (χ0n) is 42.7. The van der Waals surface area contributed by atoms with Gasteiger partial charge in [-0.3, -0.25) is 0 Å². The minimum absolute atomic E-state index is 0.000537. The summed E-state index contributed by atoms with van der Waals surface area (Å²) in [5.41, 5.74) is 1.28. The van der Waals surface area contributed by atoms with Crippen molar-refractivity contribution in [2.24, 2.45) is 0 Å². The first kappa shape index (κ1) is 63.3. The number of aliphatic hydroxyl groups is 4. The van der Waals surface area contributed by atoms with Crippen molar-refractivity contribution in [1.82, 2.24) is 0 Å². The second-order valence-electron chi connectivity index (χ2n) is 16.3. The number of phenolic OH excluding ortho intramolecular Hbond substituents is 5. The minimum Gasteiger partial charge on any atom is -0.507 e. The number of hydrogen-bond acceptors (Lipinski definition) is 21. The van der Waals surface area contributed by atoms with Gasteiger partial charge in [0.15, 0.2) is 6.10 Å². The molecular weight excluding hydrogens is 1020 g/mol. The number of para-hydroxylation sites is 5. The average Bonchev–Trinajstić information content (AvgIpc) is 3.44. The van der Waals surface area contributed by atoms with Gasteiger partial charge < -0.3 is 74.4 Å². The van der Waals surface area contributed by atoms with Crippen LogP contribution in [0.25, 0.3) is 0 Å². The van der Waals surface area contributed by atoms with Crippen LogP contribution in [-0.4, -0.2) is 146 Å². The lowest BCUT2D eigenvalue weighted by atomic mass is 10.1. The van der Waals surface area contributed by atoms with E-state index in [1.54, 1.807) is 106 Å². The van der Waals surface area contributed by atoms with Crippen LogP contribution >= 0.6 is 0 Å². The Labute approximate surface area is 448 Å². The van der Waals surface area contributed by atoms with Crippen LogP contribution in [0.3, 0.4) is 0 Å². The first-order chi connectivity index (χ1) is 37.3. The van der Waals surface area contributed by atoms with Gasteiger partial charge >= 0.3 is 35.8 Å². The van der Waals surface area contributed by atoms with E-state index in [0.717, 1.165) is 5.56 Å². The van der Waals surface area contributed by atoms with Crippen molar-refractivity contribution in [1.29, 1.82) is 0 Å². The van der Waals surface area contributed by atoms with E-state index in [4.69, 9.17) is 33.5 Å². The maximum absolute atomic E-state index is 12.1. The monoisotopic (exact) mass is 1080 g/mol. The summed E-state index contributed by atoms with van der Waals surface area (Å²) in [5.74, 6) is -5.13. The molecule has 78 heavy (non-hydrogen) atoms. The predicted molar refractivity (Wildman–Crippen MR) is 278 cm³/mol. The fourth-order valence-corrected chi connectivity index (χ4v) is 6.00. The number of aromatic hydroxyl groups is 5. The van der Waals surface area contributed by atoms with Gasteiger partial charge in [0, 0.05) is 0 Å². The van der Waals surface area contributed by atoms with Gasteiger partial charge in [-0.2, -0.15) is 0 Å². The third-order valence-corrected chi connectivity index (χ3v) is 10.5. The molecule has 21 nitrogen and oxygen atoms in total. The van der Waals surface area contributed by atoms with Crippen molar-refractivity contribution >= 4 is 35.8 Å². The molecule has 6 rings (SSSR count). The highest BCUT2D eigenvalue weighted by atomic mass is 16.6. The molecule has 0 heterocycles. The third kappa shape index (κ3) is 21.3. The van der Waals surface area contributed by atoms with Crippen LogP contribution < -0.4 is 0 Å². The summed E-state index contributed by atoms with van der Waals surface area (Å²) in [6.07, 6.45) is -2.34. The lowest BCUT2D eigenvalue weighted by Gasteiger charge is -2.16. The molecule has 0 saturated carbocycles. The summed E-state index contributed by atoms with van der Waals surface area (Å²) >= 11 is 0. The number of hydrogen-bond donors (Lipinski definition) is 9. The van der Waals surface area contributed by atoms with Gasteiger partial charge in [0.05, 0.1) is 24.9 Å². The Hall–Kier alpha value is -9.02. The molecule has 6 aromatic carbocycles. The van der Waals surface area contributed by atoms with E-state index in [0.29, 0.717) is 18.4 Å². The lowest BCUT2D eigenvalue weighted by Crippen LogP contribution is -2.28. The maximum atomic E-state index is 12.1. The number of aryl methyl sites for hydroxylation is 1. The van der Waals surface area contributed by atoms with Crippen LogP contribution in [-0.2, 0) is 28.4 Å².